The van der Waals surface area contributed by atoms with Gasteiger partial charge in [-0.15, -0.1) is 0 Å². The van der Waals surface area contributed by atoms with Gasteiger partial charge >= 0.3 is 0 Å². The molecule has 96 valence electrons. The van der Waals surface area contributed by atoms with Gasteiger partial charge in [0.15, 0.2) is 0 Å². The third-order valence-electron chi connectivity index (χ3n) is 3.15. The highest BCUT2D eigenvalue weighted by Crippen LogP contribution is 2.17. The molecule has 0 aromatic carbocycles. The number of hydrogen-bond acceptors (Lipinski definition) is 3. The van der Waals surface area contributed by atoms with Crippen LogP contribution in [0.4, 0.5) is 0 Å². The molecule has 1 unspecified atom stereocenters. The molecule has 4 heteroatoms. The van der Waals surface area contributed by atoms with Crippen molar-refractivity contribution in [2.45, 2.75) is 26.3 Å². The van der Waals surface area contributed by atoms with Crippen LogP contribution in [-0.4, -0.2) is 21.8 Å². The molecule has 0 saturated carbocycles. The van der Waals surface area contributed by atoms with Gasteiger partial charge in [0, 0.05) is 25.4 Å². The van der Waals surface area contributed by atoms with Crippen molar-refractivity contribution in [2.75, 3.05) is 7.05 Å². The summed E-state index contributed by atoms with van der Waals surface area (Å²) in [5.41, 5.74) is 4.59. The number of hydrogen-bond donors (Lipinski definition) is 1. The van der Waals surface area contributed by atoms with Gasteiger partial charge in [-0.05, 0) is 44.7 Å². The fourth-order valence-corrected chi connectivity index (χ4v) is 2.17. The molecule has 0 amide bonds. The summed E-state index contributed by atoms with van der Waals surface area (Å²) in [5, 5.41) is 7.71. The second-order valence-electron chi connectivity index (χ2n) is 4.70. The van der Waals surface area contributed by atoms with Crippen LogP contribution < -0.4 is 5.32 Å². The van der Waals surface area contributed by atoms with E-state index in [1.165, 1.54) is 11.3 Å². The van der Waals surface area contributed by atoms with Crippen molar-refractivity contribution in [2.24, 2.45) is 7.05 Å². The Hall–Kier alpha value is -1.68. The summed E-state index contributed by atoms with van der Waals surface area (Å²) in [6.45, 7) is 4.11. The van der Waals surface area contributed by atoms with Gasteiger partial charge in [-0.1, -0.05) is 0 Å². The van der Waals surface area contributed by atoms with Crippen molar-refractivity contribution in [1.82, 2.24) is 20.1 Å². The summed E-state index contributed by atoms with van der Waals surface area (Å²) < 4.78 is 1.94. The lowest BCUT2D eigenvalue weighted by Crippen LogP contribution is -2.21. The summed E-state index contributed by atoms with van der Waals surface area (Å²) >= 11 is 0. The van der Waals surface area contributed by atoms with E-state index in [0.29, 0.717) is 0 Å². The second kappa shape index (κ2) is 5.31. The van der Waals surface area contributed by atoms with Crippen molar-refractivity contribution in [3.8, 4) is 0 Å². The van der Waals surface area contributed by atoms with E-state index in [1.807, 2.05) is 38.0 Å². The topological polar surface area (TPSA) is 42.7 Å². The quantitative estimate of drug-likeness (QED) is 0.893. The highest BCUT2D eigenvalue weighted by Gasteiger charge is 2.14. The minimum atomic E-state index is 0.222. The van der Waals surface area contributed by atoms with Gasteiger partial charge in [-0.2, -0.15) is 5.10 Å². The zero-order valence-corrected chi connectivity index (χ0v) is 11.4. The first kappa shape index (κ1) is 12.8. The molecule has 0 spiro atoms. The molecular formula is C14H20N4. The number of likely N-dealkylation sites (N-methyl/N-ethyl adjacent to an activating group) is 1. The van der Waals surface area contributed by atoms with Gasteiger partial charge in [0.05, 0.1) is 17.4 Å². The summed E-state index contributed by atoms with van der Waals surface area (Å²) in [6, 6.07) is 6.49. The van der Waals surface area contributed by atoms with Crippen LogP contribution >= 0.6 is 0 Å². The molecule has 18 heavy (non-hydrogen) atoms. The van der Waals surface area contributed by atoms with E-state index in [-0.39, 0.29) is 6.04 Å². The van der Waals surface area contributed by atoms with Crippen molar-refractivity contribution in [3.63, 3.8) is 0 Å². The van der Waals surface area contributed by atoms with Crippen molar-refractivity contribution >= 4 is 0 Å². The molecule has 0 radical (unpaired) electrons. The average molecular weight is 244 g/mol. The van der Waals surface area contributed by atoms with Crippen molar-refractivity contribution in [1.29, 1.82) is 0 Å². The monoisotopic (exact) mass is 244 g/mol. The maximum Gasteiger partial charge on any atom is 0.0596 e. The number of nitrogens with one attached hydrogen (secondary N) is 1. The molecule has 0 aliphatic rings. The maximum atomic E-state index is 4.45. The number of aromatic nitrogens is 3. The van der Waals surface area contributed by atoms with Crippen LogP contribution in [0.3, 0.4) is 0 Å². The summed E-state index contributed by atoms with van der Waals surface area (Å²) in [5.74, 6) is 0. The van der Waals surface area contributed by atoms with E-state index < -0.39 is 0 Å². The molecule has 1 atom stereocenters. The standard InChI is InChI=1S/C14H20N4/c1-10-5-6-16-14(7-10)13(15-3)9-12-8-11(2)17-18(12)4/h5-8,13,15H,9H2,1-4H3. The fraction of sp³-hybridized carbons (Fsp3) is 0.429. The molecule has 0 aliphatic carbocycles. The van der Waals surface area contributed by atoms with Crippen molar-refractivity contribution in [3.05, 3.63) is 47.0 Å². The Morgan fingerprint density at radius 3 is 2.67 bits per heavy atom. The van der Waals surface area contributed by atoms with Crippen LogP contribution in [0.25, 0.3) is 0 Å². The summed E-state index contributed by atoms with van der Waals surface area (Å²) in [6.07, 6.45) is 2.76. The van der Waals surface area contributed by atoms with Crippen LogP contribution in [0.2, 0.25) is 0 Å². The van der Waals surface area contributed by atoms with Crippen LogP contribution in [0.1, 0.15) is 28.7 Å². The van der Waals surface area contributed by atoms with Gasteiger partial charge in [-0.3, -0.25) is 9.67 Å². The van der Waals surface area contributed by atoms with E-state index in [9.17, 15) is 0 Å². The van der Waals surface area contributed by atoms with Crippen LogP contribution in [0, 0.1) is 13.8 Å². The molecule has 2 aromatic heterocycles. The van der Waals surface area contributed by atoms with Gasteiger partial charge in [0.2, 0.25) is 0 Å². The first-order valence-electron chi connectivity index (χ1n) is 6.19. The van der Waals surface area contributed by atoms with Gasteiger partial charge in [0.25, 0.3) is 0 Å². The van der Waals surface area contributed by atoms with Crippen LogP contribution in [-0.2, 0) is 13.5 Å². The van der Waals surface area contributed by atoms with E-state index >= 15 is 0 Å². The molecule has 1 N–H and O–H groups in total. The molecule has 0 fully saturated rings. The van der Waals surface area contributed by atoms with Crippen LogP contribution in [0.5, 0.6) is 0 Å². The SMILES string of the molecule is CNC(Cc1cc(C)nn1C)c1cc(C)ccn1. The Bertz CT molecular complexity index is 530. The first-order valence-corrected chi connectivity index (χ1v) is 6.19. The Morgan fingerprint density at radius 2 is 2.11 bits per heavy atom. The van der Waals surface area contributed by atoms with E-state index in [1.54, 1.807) is 0 Å². The minimum absolute atomic E-state index is 0.222. The summed E-state index contributed by atoms with van der Waals surface area (Å²) in [4.78, 5) is 4.45. The third-order valence-corrected chi connectivity index (χ3v) is 3.15. The highest BCUT2D eigenvalue weighted by atomic mass is 15.3. The smallest absolute Gasteiger partial charge is 0.0596 e. The lowest BCUT2D eigenvalue weighted by Gasteiger charge is -2.16. The van der Waals surface area contributed by atoms with Gasteiger partial charge in [-0.25, -0.2) is 0 Å². The highest BCUT2D eigenvalue weighted by molar-refractivity contribution is 5.20. The lowest BCUT2D eigenvalue weighted by molar-refractivity contribution is 0.548. The number of nitrogens with zero attached hydrogens (tertiary/aromatic N) is 3. The number of pyridine rings is 1. The molecular weight excluding hydrogens is 224 g/mol. The Labute approximate surface area is 108 Å². The largest absolute Gasteiger partial charge is 0.311 e. The maximum absolute atomic E-state index is 4.45. The Morgan fingerprint density at radius 1 is 1.33 bits per heavy atom. The average Bonchev–Trinajstić information content (AvgIpc) is 2.64. The molecule has 0 bridgehead atoms. The van der Waals surface area contributed by atoms with E-state index in [0.717, 1.165) is 17.8 Å². The Balaban J connectivity index is 2.22. The molecule has 0 aliphatic heterocycles. The van der Waals surface area contributed by atoms with Gasteiger partial charge < -0.3 is 5.32 Å². The zero-order valence-electron chi connectivity index (χ0n) is 11.4. The molecule has 2 heterocycles. The predicted molar refractivity (Wildman–Crippen MR) is 72.4 cm³/mol. The Kier molecular flexibility index (Phi) is 3.77. The normalized spacial score (nSPS) is 12.7. The predicted octanol–water partition coefficient (Wildman–Crippen LogP) is 1.94. The molecule has 4 nitrogen and oxygen atoms in total. The van der Waals surface area contributed by atoms with Crippen LogP contribution in [0.15, 0.2) is 24.4 Å². The van der Waals surface area contributed by atoms with E-state index in [4.69, 9.17) is 0 Å². The first-order chi connectivity index (χ1) is 8.60. The number of rotatable bonds is 4. The zero-order chi connectivity index (χ0) is 13.1. The number of aryl methyl sites for hydroxylation is 3. The second-order valence-corrected chi connectivity index (χ2v) is 4.70. The third kappa shape index (κ3) is 2.76. The van der Waals surface area contributed by atoms with Gasteiger partial charge in [0.1, 0.15) is 0 Å². The molecule has 0 saturated heterocycles. The van der Waals surface area contributed by atoms with Crippen molar-refractivity contribution < 1.29 is 0 Å². The lowest BCUT2D eigenvalue weighted by atomic mass is 10.1. The van der Waals surface area contributed by atoms with E-state index in [2.05, 4.69) is 34.5 Å². The minimum Gasteiger partial charge on any atom is -0.311 e. The molecule has 2 rings (SSSR count). The summed E-state index contributed by atoms with van der Waals surface area (Å²) in [7, 11) is 3.95. The molecule has 2 aromatic rings. The fourth-order valence-electron chi connectivity index (χ4n) is 2.17.